The van der Waals surface area contributed by atoms with Gasteiger partial charge in [0, 0.05) is 45.3 Å². The van der Waals surface area contributed by atoms with E-state index < -0.39 is 0 Å². The SMILES string of the molecule is CC(CN1CCNCC1)CN(C)C1CCN(C)CC1. The summed E-state index contributed by atoms with van der Waals surface area (Å²) in [6, 6.07) is 0.807. The second-order valence-electron chi connectivity index (χ2n) is 6.63. The third-order valence-electron chi connectivity index (χ3n) is 4.69. The number of hydrogen-bond acceptors (Lipinski definition) is 4. The van der Waals surface area contributed by atoms with E-state index in [2.05, 4.69) is 41.0 Å². The molecule has 2 saturated heterocycles. The third-order valence-corrected chi connectivity index (χ3v) is 4.69. The van der Waals surface area contributed by atoms with E-state index in [0.717, 1.165) is 25.0 Å². The average Bonchev–Trinajstić information content (AvgIpc) is 2.40. The number of piperazine rings is 1. The predicted octanol–water partition coefficient (Wildman–Crippen LogP) is 0.554. The van der Waals surface area contributed by atoms with Crippen LogP contribution in [0.5, 0.6) is 0 Å². The highest BCUT2D eigenvalue weighted by Gasteiger charge is 2.22. The molecule has 0 spiro atoms. The van der Waals surface area contributed by atoms with Crippen molar-refractivity contribution in [2.75, 3.05) is 66.5 Å². The lowest BCUT2D eigenvalue weighted by Crippen LogP contribution is -2.47. The Balaban J connectivity index is 1.67. The highest BCUT2D eigenvalue weighted by Crippen LogP contribution is 2.15. The van der Waals surface area contributed by atoms with E-state index >= 15 is 0 Å². The maximum atomic E-state index is 3.43. The molecule has 2 rings (SSSR count). The molecule has 19 heavy (non-hydrogen) atoms. The Morgan fingerprint density at radius 2 is 1.79 bits per heavy atom. The van der Waals surface area contributed by atoms with Crippen LogP contribution in [0.15, 0.2) is 0 Å². The first-order valence-corrected chi connectivity index (χ1v) is 7.97. The summed E-state index contributed by atoms with van der Waals surface area (Å²) in [5.41, 5.74) is 0. The van der Waals surface area contributed by atoms with Crippen LogP contribution in [0.2, 0.25) is 0 Å². The molecule has 0 bridgehead atoms. The Morgan fingerprint density at radius 1 is 1.16 bits per heavy atom. The molecule has 0 aromatic rings. The number of rotatable bonds is 5. The zero-order valence-electron chi connectivity index (χ0n) is 13.1. The average molecular weight is 268 g/mol. The van der Waals surface area contributed by atoms with Crippen molar-refractivity contribution >= 4 is 0 Å². The smallest absolute Gasteiger partial charge is 0.0117 e. The van der Waals surface area contributed by atoms with E-state index in [0.29, 0.717) is 0 Å². The minimum absolute atomic E-state index is 0.780. The van der Waals surface area contributed by atoms with Crippen LogP contribution in [0.3, 0.4) is 0 Å². The van der Waals surface area contributed by atoms with Gasteiger partial charge in [0.25, 0.3) is 0 Å². The summed E-state index contributed by atoms with van der Waals surface area (Å²) in [6.07, 6.45) is 2.68. The molecule has 0 amide bonds. The molecule has 0 aromatic heterocycles. The van der Waals surface area contributed by atoms with E-state index in [1.165, 1.54) is 52.1 Å². The van der Waals surface area contributed by atoms with Crippen molar-refractivity contribution in [3.05, 3.63) is 0 Å². The standard InChI is InChI=1S/C15H32N4/c1-14(13-19-10-6-16-7-11-19)12-18(3)15-4-8-17(2)9-5-15/h14-16H,4-13H2,1-3H3. The first kappa shape index (κ1) is 15.2. The maximum Gasteiger partial charge on any atom is 0.0117 e. The predicted molar refractivity (Wildman–Crippen MR) is 81.6 cm³/mol. The number of nitrogens with one attached hydrogen (secondary N) is 1. The highest BCUT2D eigenvalue weighted by molar-refractivity contribution is 4.79. The molecule has 2 heterocycles. The molecule has 0 saturated carbocycles. The summed E-state index contributed by atoms with van der Waals surface area (Å²) in [7, 11) is 4.56. The Morgan fingerprint density at radius 3 is 2.42 bits per heavy atom. The second-order valence-corrected chi connectivity index (χ2v) is 6.63. The van der Waals surface area contributed by atoms with Crippen LogP contribution < -0.4 is 5.32 Å². The van der Waals surface area contributed by atoms with Crippen molar-refractivity contribution in [1.82, 2.24) is 20.0 Å². The lowest BCUT2D eigenvalue weighted by atomic mass is 10.0. The fourth-order valence-corrected chi connectivity index (χ4v) is 3.47. The Labute approximate surface area is 119 Å². The number of piperidine rings is 1. The van der Waals surface area contributed by atoms with Crippen molar-refractivity contribution in [2.24, 2.45) is 5.92 Å². The zero-order chi connectivity index (χ0) is 13.7. The molecule has 112 valence electrons. The van der Waals surface area contributed by atoms with Crippen LogP contribution >= 0.6 is 0 Å². The van der Waals surface area contributed by atoms with Gasteiger partial charge in [-0.3, -0.25) is 0 Å². The van der Waals surface area contributed by atoms with Crippen LogP contribution in [-0.2, 0) is 0 Å². The van der Waals surface area contributed by atoms with Gasteiger partial charge < -0.3 is 20.0 Å². The molecular weight excluding hydrogens is 236 g/mol. The van der Waals surface area contributed by atoms with Gasteiger partial charge in [-0.25, -0.2) is 0 Å². The van der Waals surface area contributed by atoms with E-state index in [1.807, 2.05) is 0 Å². The molecule has 4 nitrogen and oxygen atoms in total. The molecular formula is C15H32N4. The van der Waals surface area contributed by atoms with Crippen molar-refractivity contribution < 1.29 is 0 Å². The molecule has 2 aliphatic heterocycles. The Hall–Kier alpha value is -0.160. The Bertz CT molecular complexity index is 245. The van der Waals surface area contributed by atoms with Crippen molar-refractivity contribution in [2.45, 2.75) is 25.8 Å². The molecule has 0 radical (unpaired) electrons. The summed E-state index contributed by atoms with van der Waals surface area (Å²) in [5.74, 6) is 0.780. The minimum atomic E-state index is 0.780. The fourth-order valence-electron chi connectivity index (χ4n) is 3.47. The van der Waals surface area contributed by atoms with Crippen LogP contribution in [0.1, 0.15) is 19.8 Å². The first-order chi connectivity index (χ1) is 9.15. The van der Waals surface area contributed by atoms with Gasteiger partial charge in [0.2, 0.25) is 0 Å². The van der Waals surface area contributed by atoms with Gasteiger partial charge in [-0.1, -0.05) is 6.92 Å². The van der Waals surface area contributed by atoms with Crippen LogP contribution in [0.4, 0.5) is 0 Å². The normalized spacial score (nSPS) is 25.9. The van der Waals surface area contributed by atoms with E-state index in [-0.39, 0.29) is 0 Å². The quantitative estimate of drug-likeness (QED) is 0.786. The molecule has 1 unspecified atom stereocenters. The fraction of sp³-hybridized carbons (Fsp3) is 1.00. The molecule has 1 atom stereocenters. The van der Waals surface area contributed by atoms with Crippen molar-refractivity contribution in [3.63, 3.8) is 0 Å². The molecule has 1 N–H and O–H groups in total. The van der Waals surface area contributed by atoms with Crippen molar-refractivity contribution in [3.8, 4) is 0 Å². The largest absolute Gasteiger partial charge is 0.314 e. The molecule has 2 fully saturated rings. The van der Waals surface area contributed by atoms with Crippen molar-refractivity contribution in [1.29, 1.82) is 0 Å². The van der Waals surface area contributed by atoms with Gasteiger partial charge in [0.05, 0.1) is 0 Å². The molecule has 0 aromatic carbocycles. The summed E-state index contributed by atoms with van der Waals surface area (Å²) in [4.78, 5) is 7.68. The molecule has 2 aliphatic rings. The van der Waals surface area contributed by atoms with Gasteiger partial charge in [-0.15, -0.1) is 0 Å². The van der Waals surface area contributed by atoms with Crippen LogP contribution in [0.25, 0.3) is 0 Å². The summed E-state index contributed by atoms with van der Waals surface area (Å²) in [5, 5.41) is 3.43. The van der Waals surface area contributed by atoms with Gasteiger partial charge in [-0.05, 0) is 45.9 Å². The maximum absolute atomic E-state index is 3.43. The van der Waals surface area contributed by atoms with Crippen LogP contribution in [-0.4, -0.2) is 87.2 Å². The topological polar surface area (TPSA) is 21.8 Å². The number of nitrogens with zero attached hydrogens (tertiary/aromatic N) is 3. The second kappa shape index (κ2) is 7.58. The van der Waals surface area contributed by atoms with E-state index in [9.17, 15) is 0 Å². The number of likely N-dealkylation sites (tertiary alicyclic amines) is 1. The summed E-state index contributed by atoms with van der Waals surface area (Å²) < 4.78 is 0. The van der Waals surface area contributed by atoms with Gasteiger partial charge in [0.15, 0.2) is 0 Å². The van der Waals surface area contributed by atoms with Gasteiger partial charge in [-0.2, -0.15) is 0 Å². The lowest BCUT2D eigenvalue weighted by Gasteiger charge is -2.37. The zero-order valence-corrected chi connectivity index (χ0v) is 13.1. The summed E-state index contributed by atoms with van der Waals surface area (Å²) >= 11 is 0. The molecule has 0 aliphatic carbocycles. The highest BCUT2D eigenvalue weighted by atomic mass is 15.2. The number of hydrogen-bond donors (Lipinski definition) is 1. The van der Waals surface area contributed by atoms with E-state index in [4.69, 9.17) is 0 Å². The molecule has 4 heteroatoms. The summed E-state index contributed by atoms with van der Waals surface area (Å²) in [6.45, 7) is 12.2. The van der Waals surface area contributed by atoms with Gasteiger partial charge >= 0.3 is 0 Å². The van der Waals surface area contributed by atoms with Gasteiger partial charge in [0.1, 0.15) is 0 Å². The van der Waals surface area contributed by atoms with Crippen LogP contribution in [0, 0.1) is 5.92 Å². The minimum Gasteiger partial charge on any atom is -0.314 e. The van der Waals surface area contributed by atoms with E-state index in [1.54, 1.807) is 0 Å². The first-order valence-electron chi connectivity index (χ1n) is 7.97. The lowest BCUT2D eigenvalue weighted by molar-refractivity contribution is 0.117. The monoisotopic (exact) mass is 268 g/mol. The Kier molecular flexibility index (Phi) is 6.07. The third kappa shape index (κ3) is 5.03.